The Bertz CT molecular complexity index is 1260. The number of alkyl halides is 2. The van der Waals surface area contributed by atoms with Crippen molar-refractivity contribution in [3.8, 4) is 11.5 Å². The van der Waals surface area contributed by atoms with Crippen molar-refractivity contribution in [2.45, 2.75) is 26.2 Å². The van der Waals surface area contributed by atoms with Crippen LogP contribution in [-0.4, -0.2) is 35.3 Å². The molecule has 0 aliphatic carbocycles. The van der Waals surface area contributed by atoms with Gasteiger partial charge in [0.25, 0.3) is 5.91 Å². The van der Waals surface area contributed by atoms with Gasteiger partial charge in [0.1, 0.15) is 17.3 Å². The highest BCUT2D eigenvalue weighted by molar-refractivity contribution is 6.17. The Labute approximate surface area is 185 Å². The lowest BCUT2D eigenvalue weighted by atomic mass is 9.98. The maximum absolute atomic E-state index is 14.5. The number of carboxylic acids is 1. The lowest BCUT2D eigenvalue weighted by molar-refractivity contribution is -0.136. The largest absolute Gasteiger partial charge is 0.493 e. The second-order valence-electron chi connectivity index (χ2n) is 7.20. The van der Waals surface area contributed by atoms with Gasteiger partial charge in [-0.2, -0.15) is 8.78 Å². The van der Waals surface area contributed by atoms with Crippen LogP contribution in [0.4, 0.5) is 18.9 Å². The fourth-order valence-electron chi connectivity index (χ4n) is 3.98. The molecule has 0 fully saturated rings. The number of amides is 1. The first-order valence-electron chi connectivity index (χ1n) is 9.92. The van der Waals surface area contributed by atoms with Crippen LogP contribution in [-0.2, 0) is 11.2 Å². The van der Waals surface area contributed by atoms with Crippen molar-refractivity contribution >= 4 is 28.3 Å². The molecule has 1 atom stereocenters. The maximum Gasteiger partial charge on any atom is 0.387 e. The second-order valence-corrected chi connectivity index (χ2v) is 7.20. The zero-order valence-electron chi connectivity index (χ0n) is 17.2. The van der Waals surface area contributed by atoms with E-state index in [4.69, 9.17) is 14.6 Å². The van der Waals surface area contributed by atoms with Gasteiger partial charge >= 0.3 is 12.6 Å². The Morgan fingerprint density at radius 1 is 1.15 bits per heavy atom. The van der Waals surface area contributed by atoms with Crippen molar-refractivity contribution in [2.75, 3.05) is 11.5 Å². The molecule has 1 unspecified atom stereocenters. The van der Waals surface area contributed by atoms with E-state index in [0.717, 1.165) is 11.0 Å². The number of hydrogen-bond donors (Lipinski definition) is 2. The van der Waals surface area contributed by atoms with Gasteiger partial charge in [0.05, 0.1) is 24.2 Å². The van der Waals surface area contributed by atoms with Crippen molar-refractivity contribution < 1.29 is 42.4 Å². The molecule has 0 spiro atoms. The van der Waals surface area contributed by atoms with Crippen LogP contribution < -0.4 is 14.4 Å². The van der Waals surface area contributed by atoms with Crippen LogP contribution in [0.1, 0.15) is 34.6 Å². The number of rotatable bonds is 7. The van der Waals surface area contributed by atoms with Gasteiger partial charge in [-0.1, -0.05) is 30.3 Å². The summed E-state index contributed by atoms with van der Waals surface area (Å²) in [5, 5.41) is 20.5. The van der Waals surface area contributed by atoms with Crippen molar-refractivity contribution in [3.63, 3.8) is 0 Å². The molecule has 10 heteroatoms. The monoisotopic (exact) mass is 461 g/mol. The molecule has 3 aromatic rings. The number of aliphatic carboxylic acids is 1. The van der Waals surface area contributed by atoms with Crippen LogP contribution in [0.15, 0.2) is 42.5 Å². The Morgan fingerprint density at radius 2 is 1.82 bits per heavy atom. The molecule has 3 aromatic carbocycles. The van der Waals surface area contributed by atoms with Crippen LogP contribution in [0.5, 0.6) is 11.5 Å². The number of carbonyl (C=O) groups excluding carboxylic acids is 1. The molecule has 1 heterocycles. The average Bonchev–Trinajstić information content (AvgIpc) is 3.02. The molecule has 1 aliphatic heterocycles. The second kappa shape index (κ2) is 8.62. The molecule has 1 aliphatic rings. The van der Waals surface area contributed by atoms with Gasteiger partial charge in [0, 0.05) is 16.5 Å². The predicted molar refractivity (Wildman–Crippen MR) is 111 cm³/mol. The number of halogens is 3. The summed E-state index contributed by atoms with van der Waals surface area (Å²) in [7, 11) is 0. The topological polar surface area (TPSA) is 96.3 Å². The van der Waals surface area contributed by atoms with Crippen LogP contribution in [0.3, 0.4) is 0 Å². The Hall–Kier alpha value is -3.79. The fourth-order valence-corrected chi connectivity index (χ4v) is 3.98. The highest BCUT2D eigenvalue weighted by Gasteiger charge is 2.44. The van der Waals surface area contributed by atoms with Crippen molar-refractivity contribution in [2.24, 2.45) is 0 Å². The number of hydrogen-bond acceptors (Lipinski definition) is 5. The summed E-state index contributed by atoms with van der Waals surface area (Å²) in [6, 6.07) is 9.63. The molecule has 4 rings (SSSR count). The van der Waals surface area contributed by atoms with Crippen LogP contribution in [0.2, 0.25) is 0 Å². The number of aliphatic hydroxyl groups is 1. The number of ether oxygens (including phenoxy) is 2. The minimum atomic E-state index is -3.25. The molecule has 33 heavy (non-hydrogen) atoms. The van der Waals surface area contributed by atoms with Crippen molar-refractivity contribution in [1.82, 2.24) is 0 Å². The Kier molecular flexibility index (Phi) is 5.86. The molecule has 0 saturated heterocycles. The first-order valence-corrected chi connectivity index (χ1v) is 9.92. The highest BCUT2D eigenvalue weighted by atomic mass is 19.3. The molecule has 2 N–H and O–H groups in total. The van der Waals surface area contributed by atoms with Crippen LogP contribution in [0, 0.1) is 5.82 Å². The number of carboxylic acid groups (broad SMARTS) is 1. The van der Waals surface area contributed by atoms with Gasteiger partial charge in [-0.15, -0.1) is 0 Å². The van der Waals surface area contributed by atoms with E-state index in [2.05, 4.69) is 0 Å². The van der Waals surface area contributed by atoms with E-state index in [1.807, 2.05) is 0 Å². The van der Waals surface area contributed by atoms with Crippen molar-refractivity contribution in [1.29, 1.82) is 0 Å². The summed E-state index contributed by atoms with van der Waals surface area (Å²) in [5.74, 6) is -3.34. The highest BCUT2D eigenvalue weighted by Crippen LogP contribution is 2.50. The van der Waals surface area contributed by atoms with Gasteiger partial charge in [0.15, 0.2) is 6.23 Å². The number of benzene rings is 3. The van der Waals surface area contributed by atoms with Crippen molar-refractivity contribution in [3.05, 3.63) is 65.0 Å². The summed E-state index contributed by atoms with van der Waals surface area (Å²) < 4.78 is 51.4. The number of aliphatic hydroxyl groups excluding tert-OH is 1. The molecular formula is C23H18F3NO6. The van der Waals surface area contributed by atoms with E-state index in [1.165, 1.54) is 18.2 Å². The van der Waals surface area contributed by atoms with E-state index in [0.29, 0.717) is 5.39 Å². The molecule has 1 amide bonds. The smallest absolute Gasteiger partial charge is 0.387 e. The number of carbonyl (C=O) groups is 2. The van der Waals surface area contributed by atoms with E-state index in [9.17, 15) is 27.9 Å². The molecular weight excluding hydrogens is 443 g/mol. The van der Waals surface area contributed by atoms with Gasteiger partial charge in [-0.05, 0) is 24.6 Å². The first kappa shape index (κ1) is 22.4. The molecule has 0 aromatic heterocycles. The normalized spacial score (nSPS) is 15.3. The number of nitrogens with zero attached hydrogens (tertiary/aromatic N) is 1. The van der Waals surface area contributed by atoms with Gasteiger partial charge in [0.2, 0.25) is 0 Å². The van der Waals surface area contributed by atoms with E-state index < -0.39 is 42.7 Å². The third kappa shape index (κ3) is 3.82. The zero-order chi connectivity index (χ0) is 23.9. The number of fused-ring (bicyclic) bond motifs is 2. The van der Waals surface area contributed by atoms with Gasteiger partial charge < -0.3 is 19.7 Å². The SMILES string of the molecule is CCOc1c2c(c(OC(F)F)c3ccccc13)C(=O)N(c1ccc(CC(=O)O)c(F)c1)C2O. The zero-order valence-corrected chi connectivity index (χ0v) is 17.2. The maximum atomic E-state index is 14.5. The van der Waals surface area contributed by atoms with Gasteiger partial charge in [-0.3, -0.25) is 14.5 Å². The van der Waals surface area contributed by atoms with Crippen LogP contribution >= 0.6 is 0 Å². The molecule has 172 valence electrons. The Morgan fingerprint density at radius 3 is 2.39 bits per heavy atom. The third-order valence-corrected chi connectivity index (χ3v) is 5.24. The quantitative estimate of drug-likeness (QED) is 0.546. The minimum absolute atomic E-state index is 0.0776. The summed E-state index contributed by atoms with van der Waals surface area (Å²) >= 11 is 0. The lowest BCUT2D eigenvalue weighted by Crippen LogP contribution is -2.28. The summed E-state index contributed by atoms with van der Waals surface area (Å²) in [6.45, 7) is -1.41. The Balaban J connectivity index is 1.92. The predicted octanol–water partition coefficient (Wildman–Crippen LogP) is 4.26. The molecule has 7 nitrogen and oxygen atoms in total. The van der Waals surface area contributed by atoms with Gasteiger partial charge in [-0.25, -0.2) is 4.39 Å². The first-order chi connectivity index (χ1) is 15.7. The summed E-state index contributed by atoms with van der Waals surface area (Å²) in [4.78, 5) is 25.1. The average molecular weight is 461 g/mol. The minimum Gasteiger partial charge on any atom is -0.493 e. The molecule has 0 radical (unpaired) electrons. The standard InChI is InChI=1S/C23H18F3NO6/c1-2-32-19-13-5-3-4-6-14(13)20(33-23(25)26)18-17(19)21(30)27(22(18)31)12-8-7-11(9-16(28)29)15(24)10-12/h3-8,10,21,23,30H,2,9H2,1H3,(H,28,29). The molecule has 0 bridgehead atoms. The summed E-state index contributed by atoms with van der Waals surface area (Å²) in [6.07, 6.45) is -2.27. The molecule has 0 saturated carbocycles. The fraction of sp³-hybridized carbons (Fsp3) is 0.217. The summed E-state index contributed by atoms with van der Waals surface area (Å²) in [5.41, 5.74) is -0.608. The number of anilines is 1. The van der Waals surface area contributed by atoms with E-state index in [-0.39, 0.29) is 40.1 Å². The van der Waals surface area contributed by atoms with E-state index in [1.54, 1.807) is 25.1 Å². The van der Waals surface area contributed by atoms with Crippen LogP contribution in [0.25, 0.3) is 10.8 Å². The third-order valence-electron chi connectivity index (χ3n) is 5.24. The lowest BCUT2D eigenvalue weighted by Gasteiger charge is -2.22. The van der Waals surface area contributed by atoms with E-state index >= 15 is 0 Å².